The average molecular weight is 184 g/mol. The molecule has 0 saturated heterocycles. The molecule has 1 amide bonds. The van der Waals surface area contributed by atoms with Crippen molar-refractivity contribution in [2.24, 2.45) is 17.6 Å². The Morgan fingerprint density at radius 1 is 1.31 bits per heavy atom. The quantitative estimate of drug-likeness (QED) is 0.520. The summed E-state index contributed by atoms with van der Waals surface area (Å²) >= 11 is 0. The summed E-state index contributed by atoms with van der Waals surface area (Å²) in [6.45, 7) is 0. The molecule has 0 aromatic carbocycles. The zero-order valence-electron chi connectivity index (χ0n) is 7.06. The van der Waals surface area contributed by atoms with E-state index in [1.807, 2.05) is 0 Å². The fourth-order valence-corrected chi connectivity index (χ4v) is 1.43. The van der Waals surface area contributed by atoms with Gasteiger partial charge < -0.3 is 16.2 Å². The molecule has 0 aliphatic heterocycles. The Labute approximate surface area is 75.3 Å². The highest BCUT2D eigenvalue weighted by molar-refractivity contribution is 5.89. The number of carbonyl (C=O) groups excluding carboxylic acids is 1. The van der Waals surface area contributed by atoms with Crippen LogP contribution in [0.15, 0.2) is 0 Å². The van der Waals surface area contributed by atoms with Gasteiger partial charge in [0.2, 0.25) is 5.91 Å². The van der Waals surface area contributed by atoms with Crippen molar-refractivity contribution in [1.82, 2.24) is 5.32 Å². The molecule has 2 saturated carbocycles. The van der Waals surface area contributed by atoms with Gasteiger partial charge in [-0.25, -0.2) is 0 Å². The van der Waals surface area contributed by atoms with Crippen LogP contribution in [0.2, 0.25) is 0 Å². The Morgan fingerprint density at radius 3 is 2.31 bits per heavy atom. The Hall–Kier alpha value is -1.10. The van der Waals surface area contributed by atoms with Gasteiger partial charge in [-0.3, -0.25) is 9.59 Å². The smallest absolute Gasteiger partial charge is 0.307 e. The second kappa shape index (κ2) is 2.70. The van der Waals surface area contributed by atoms with Gasteiger partial charge in [0.25, 0.3) is 0 Å². The second-order valence-electron chi connectivity index (χ2n) is 3.80. The van der Waals surface area contributed by atoms with Crippen molar-refractivity contribution >= 4 is 11.9 Å². The second-order valence-corrected chi connectivity index (χ2v) is 3.80. The molecule has 0 heterocycles. The molecule has 5 nitrogen and oxygen atoms in total. The predicted octanol–water partition coefficient (Wildman–Crippen LogP) is -1.08. The van der Waals surface area contributed by atoms with Crippen molar-refractivity contribution in [2.75, 3.05) is 0 Å². The molecule has 13 heavy (non-hydrogen) atoms. The number of carboxylic acids is 1. The van der Waals surface area contributed by atoms with Crippen LogP contribution in [0.5, 0.6) is 0 Å². The number of amides is 1. The zero-order chi connectivity index (χ0) is 9.59. The minimum Gasteiger partial charge on any atom is -0.481 e. The molecule has 2 aliphatic carbocycles. The average Bonchev–Trinajstić information content (AvgIpc) is 2.86. The molecule has 0 aromatic heterocycles. The highest BCUT2D eigenvalue weighted by Crippen LogP contribution is 2.39. The lowest BCUT2D eigenvalue weighted by molar-refractivity contribution is -0.140. The number of nitrogens with two attached hydrogens (primary N) is 1. The molecule has 2 rings (SSSR count). The fraction of sp³-hybridized carbons (Fsp3) is 0.750. The monoisotopic (exact) mass is 184 g/mol. The third-order valence-corrected chi connectivity index (χ3v) is 2.61. The summed E-state index contributed by atoms with van der Waals surface area (Å²) in [5.41, 5.74) is 5.50. The zero-order valence-corrected chi connectivity index (χ0v) is 7.06. The normalized spacial score (nSPS) is 41.0. The number of rotatable bonds is 3. The minimum absolute atomic E-state index is 0.0750. The van der Waals surface area contributed by atoms with E-state index in [1.54, 1.807) is 0 Å². The summed E-state index contributed by atoms with van der Waals surface area (Å²) in [6, 6.07) is 0.161. The van der Waals surface area contributed by atoms with Gasteiger partial charge in [-0.1, -0.05) is 0 Å². The third kappa shape index (κ3) is 1.65. The van der Waals surface area contributed by atoms with Crippen LogP contribution in [-0.4, -0.2) is 29.1 Å². The van der Waals surface area contributed by atoms with Gasteiger partial charge in [-0.05, 0) is 12.8 Å². The highest BCUT2D eigenvalue weighted by atomic mass is 16.4. The lowest BCUT2D eigenvalue weighted by atomic mass is 10.3. The maximum Gasteiger partial charge on any atom is 0.307 e. The van der Waals surface area contributed by atoms with Gasteiger partial charge in [0.1, 0.15) is 0 Å². The van der Waals surface area contributed by atoms with Crippen molar-refractivity contribution in [1.29, 1.82) is 0 Å². The summed E-state index contributed by atoms with van der Waals surface area (Å²) in [5, 5.41) is 11.3. The van der Waals surface area contributed by atoms with Gasteiger partial charge in [0, 0.05) is 12.1 Å². The topological polar surface area (TPSA) is 92.4 Å². The van der Waals surface area contributed by atoms with Crippen LogP contribution in [0.4, 0.5) is 0 Å². The molecule has 0 aromatic rings. The van der Waals surface area contributed by atoms with Gasteiger partial charge in [0.15, 0.2) is 0 Å². The molecule has 0 radical (unpaired) electrons. The number of carbonyl (C=O) groups is 2. The van der Waals surface area contributed by atoms with Crippen LogP contribution in [-0.2, 0) is 9.59 Å². The van der Waals surface area contributed by atoms with Crippen LogP contribution in [0.3, 0.4) is 0 Å². The van der Waals surface area contributed by atoms with E-state index >= 15 is 0 Å². The first-order valence-corrected chi connectivity index (χ1v) is 4.38. The maximum absolute atomic E-state index is 11.3. The van der Waals surface area contributed by atoms with E-state index in [4.69, 9.17) is 10.8 Å². The Kier molecular flexibility index (Phi) is 1.76. The molecule has 4 N–H and O–H groups in total. The van der Waals surface area contributed by atoms with Crippen LogP contribution in [0, 0.1) is 11.8 Å². The largest absolute Gasteiger partial charge is 0.481 e. The molecule has 2 aliphatic rings. The van der Waals surface area contributed by atoms with Crippen LogP contribution in [0.1, 0.15) is 12.8 Å². The summed E-state index contributed by atoms with van der Waals surface area (Å²) < 4.78 is 0. The van der Waals surface area contributed by atoms with Crippen LogP contribution < -0.4 is 11.1 Å². The molecule has 4 atom stereocenters. The van der Waals surface area contributed by atoms with Gasteiger partial charge in [-0.15, -0.1) is 0 Å². The van der Waals surface area contributed by atoms with E-state index in [9.17, 15) is 9.59 Å². The Morgan fingerprint density at radius 2 is 1.92 bits per heavy atom. The maximum atomic E-state index is 11.3. The standard InChI is InChI=1S/C8H12N2O3/c9-5-2-6(5)10-7(11)3-1-4(3)8(12)13/h3-6H,1-2,9H2,(H,10,11)(H,12,13)/t3-,4+,5?,6?/m1/s1. The van der Waals surface area contributed by atoms with Gasteiger partial charge >= 0.3 is 5.97 Å². The van der Waals surface area contributed by atoms with E-state index in [-0.39, 0.29) is 23.9 Å². The molecule has 0 bridgehead atoms. The number of hydrogen-bond acceptors (Lipinski definition) is 3. The van der Waals surface area contributed by atoms with E-state index in [0.29, 0.717) is 6.42 Å². The number of nitrogens with one attached hydrogen (secondary N) is 1. The Bertz CT molecular complexity index is 266. The molecule has 0 spiro atoms. The molecule has 5 heteroatoms. The van der Waals surface area contributed by atoms with E-state index in [1.165, 1.54) is 0 Å². The number of aliphatic carboxylic acids is 1. The van der Waals surface area contributed by atoms with Crippen LogP contribution >= 0.6 is 0 Å². The first kappa shape index (κ1) is 8.50. The van der Waals surface area contributed by atoms with E-state index in [0.717, 1.165) is 6.42 Å². The highest BCUT2D eigenvalue weighted by Gasteiger charge is 2.49. The van der Waals surface area contributed by atoms with Crippen molar-refractivity contribution in [3.8, 4) is 0 Å². The van der Waals surface area contributed by atoms with Crippen molar-refractivity contribution < 1.29 is 14.7 Å². The molecule has 2 unspecified atom stereocenters. The number of hydrogen-bond donors (Lipinski definition) is 3. The Balaban J connectivity index is 1.77. The summed E-state index contributed by atoms with van der Waals surface area (Å²) in [4.78, 5) is 21.7. The summed E-state index contributed by atoms with van der Waals surface area (Å²) in [5.74, 6) is -1.80. The van der Waals surface area contributed by atoms with Gasteiger partial charge in [-0.2, -0.15) is 0 Å². The summed E-state index contributed by atoms with van der Waals surface area (Å²) in [7, 11) is 0. The summed E-state index contributed by atoms with van der Waals surface area (Å²) in [6.07, 6.45) is 1.29. The SMILES string of the molecule is NC1CC1NC(=O)[C@@H]1C[C@@H]1C(=O)O. The van der Waals surface area contributed by atoms with Crippen molar-refractivity contribution in [3.05, 3.63) is 0 Å². The molecular weight excluding hydrogens is 172 g/mol. The lowest BCUT2D eigenvalue weighted by Gasteiger charge is -2.00. The molecule has 72 valence electrons. The number of carboxylic acid groups (broad SMARTS) is 1. The fourth-order valence-electron chi connectivity index (χ4n) is 1.43. The lowest BCUT2D eigenvalue weighted by Crippen LogP contribution is -2.31. The first-order chi connectivity index (χ1) is 6.09. The molecular formula is C8H12N2O3. The minimum atomic E-state index is -0.875. The van der Waals surface area contributed by atoms with Crippen LogP contribution in [0.25, 0.3) is 0 Å². The van der Waals surface area contributed by atoms with Gasteiger partial charge in [0.05, 0.1) is 11.8 Å². The van der Waals surface area contributed by atoms with Crippen molar-refractivity contribution in [3.63, 3.8) is 0 Å². The van der Waals surface area contributed by atoms with Crippen molar-refractivity contribution in [2.45, 2.75) is 24.9 Å². The van der Waals surface area contributed by atoms with E-state index in [2.05, 4.69) is 5.32 Å². The van der Waals surface area contributed by atoms with E-state index < -0.39 is 11.9 Å². The third-order valence-electron chi connectivity index (χ3n) is 2.61. The molecule has 2 fully saturated rings. The first-order valence-electron chi connectivity index (χ1n) is 4.38. The predicted molar refractivity (Wildman–Crippen MR) is 43.8 cm³/mol.